The zero-order valence-electron chi connectivity index (χ0n) is 11.6. The third-order valence-corrected chi connectivity index (χ3v) is 2.78. The number of anilines is 1. The fourth-order valence-electron chi connectivity index (χ4n) is 1.47. The van der Waals surface area contributed by atoms with Gasteiger partial charge in [0.15, 0.2) is 0 Å². The number of hydrogen-bond donors (Lipinski definition) is 2. The highest BCUT2D eigenvalue weighted by molar-refractivity contribution is 5.89. The van der Waals surface area contributed by atoms with Crippen molar-refractivity contribution >= 4 is 17.6 Å². The van der Waals surface area contributed by atoms with Crippen LogP contribution in [0.15, 0.2) is 12.3 Å². The highest BCUT2D eigenvalue weighted by atomic mass is 16.5. The van der Waals surface area contributed by atoms with Crippen LogP contribution in [-0.2, 0) is 9.53 Å². The van der Waals surface area contributed by atoms with Gasteiger partial charge in [-0.1, -0.05) is 0 Å². The van der Waals surface area contributed by atoms with Crippen LogP contribution in [0.25, 0.3) is 0 Å². The second-order valence-electron chi connectivity index (χ2n) is 5.42. The third-order valence-electron chi connectivity index (χ3n) is 2.78. The first-order valence-corrected chi connectivity index (χ1v) is 6.03. The summed E-state index contributed by atoms with van der Waals surface area (Å²) in [5.74, 6) is -1.58. The molecule has 0 aliphatic rings. The Morgan fingerprint density at radius 2 is 2.05 bits per heavy atom. The largest absolute Gasteiger partial charge is 0.481 e. The number of esters is 1. The lowest BCUT2D eigenvalue weighted by atomic mass is 9.95. The van der Waals surface area contributed by atoms with Crippen molar-refractivity contribution in [2.24, 2.45) is 5.41 Å². The zero-order valence-corrected chi connectivity index (χ0v) is 11.6. The number of carboxylic acid groups (broad SMARTS) is 1. The fraction of sp³-hybridized carbons (Fsp3) is 0.538. The molecule has 0 aromatic carbocycles. The van der Waals surface area contributed by atoms with Gasteiger partial charge in [0.05, 0.1) is 11.1 Å². The second kappa shape index (κ2) is 5.34. The predicted molar refractivity (Wildman–Crippen MR) is 70.9 cm³/mol. The number of nitrogens with two attached hydrogens (primary N) is 1. The summed E-state index contributed by atoms with van der Waals surface area (Å²) in [5, 5.41) is 8.96. The number of nitrogen functional groups attached to an aromatic ring is 1. The van der Waals surface area contributed by atoms with Crippen LogP contribution in [-0.4, -0.2) is 28.2 Å². The van der Waals surface area contributed by atoms with Crippen LogP contribution in [0.2, 0.25) is 0 Å². The lowest BCUT2D eigenvalue weighted by Gasteiger charge is -2.19. The van der Waals surface area contributed by atoms with Gasteiger partial charge in [0.2, 0.25) is 0 Å². The molecule has 0 atom stereocenters. The molecule has 0 unspecified atom stereocenters. The maximum Gasteiger partial charge on any atom is 0.355 e. The summed E-state index contributed by atoms with van der Waals surface area (Å²) < 4.78 is 6.76. The van der Waals surface area contributed by atoms with Crippen molar-refractivity contribution in [2.45, 2.75) is 33.7 Å². The Labute approximate surface area is 112 Å². The lowest BCUT2D eigenvalue weighted by molar-refractivity contribution is -0.149. The molecule has 1 aromatic heterocycles. The van der Waals surface area contributed by atoms with E-state index in [-0.39, 0.29) is 12.6 Å². The Kier molecular flexibility index (Phi) is 4.24. The molecular formula is C13H20N2O4. The Hall–Kier alpha value is -1.98. The van der Waals surface area contributed by atoms with Gasteiger partial charge >= 0.3 is 11.9 Å². The van der Waals surface area contributed by atoms with Crippen LogP contribution in [0, 0.1) is 5.41 Å². The summed E-state index contributed by atoms with van der Waals surface area (Å²) in [7, 11) is 0. The average molecular weight is 268 g/mol. The molecule has 0 bridgehead atoms. The summed E-state index contributed by atoms with van der Waals surface area (Å²) in [6.07, 6.45) is 1.66. The molecule has 0 saturated heterocycles. The first kappa shape index (κ1) is 15.1. The van der Waals surface area contributed by atoms with E-state index in [1.54, 1.807) is 10.8 Å². The maximum atomic E-state index is 12.0. The Morgan fingerprint density at radius 3 is 2.53 bits per heavy atom. The summed E-state index contributed by atoms with van der Waals surface area (Å²) in [6.45, 7) is 6.64. The highest BCUT2D eigenvalue weighted by Crippen LogP contribution is 2.20. The molecule has 0 aliphatic heterocycles. The van der Waals surface area contributed by atoms with E-state index in [0.29, 0.717) is 11.4 Å². The molecule has 3 N–H and O–H groups in total. The molecule has 1 rings (SSSR count). The quantitative estimate of drug-likeness (QED) is 0.795. The topological polar surface area (TPSA) is 94.5 Å². The zero-order chi connectivity index (χ0) is 14.8. The molecular weight excluding hydrogens is 248 g/mol. The average Bonchev–Trinajstić information content (AvgIpc) is 2.68. The van der Waals surface area contributed by atoms with E-state index in [2.05, 4.69) is 0 Å². The summed E-state index contributed by atoms with van der Waals surface area (Å²) in [4.78, 5) is 22.9. The van der Waals surface area contributed by atoms with Crippen molar-refractivity contribution in [3.05, 3.63) is 18.0 Å². The summed E-state index contributed by atoms with van der Waals surface area (Å²) in [6, 6.07) is 1.59. The molecule has 0 spiro atoms. The van der Waals surface area contributed by atoms with Gasteiger partial charge < -0.3 is 20.1 Å². The number of carbonyl (C=O) groups excluding carboxylic acids is 1. The monoisotopic (exact) mass is 268 g/mol. The number of aromatic nitrogens is 1. The van der Waals surface area contributed by atoms with Crippen molar-refractivity contribution in [2.75, 3.05) is 12.3 Å². The van der Waals surface area contributed by atoms with Gasteiger partial charge in [0.1, 0.15) is 12.3 Å². The number of carbonyl (C=O) groups is 2. The predicted octanol–water partition coefficient (Wildman–Crippen LogP) is 1.92. The molecule has 19 heavy (non-hydrogen) atoms. The standard InChI is InChI=1S/C13H20N2O4/c1-8(2)15-6-9(14)5-10(15)11(16)19-7-13(3,4)12(17)18/h5-6,8H,7,14H2,1-4H3,(H,17,18). The van der Waals surface area contributed by atoms with Crippen LogP contribution in [0.1, 0.15) is 44.2 Å². The number of ether oxygens (including phenoxy) is 1. The fourth-order valence-corrected chi connectivity index (χ4v) is 1.47. The molecule has 1 heterocycles. The van der Waals surface area contributed by atoms with E-state index >= 15 is 0 Å². The van der Waals surface area contributed by atoms with E-state index < -0.39 is 17.4 Å². The van der Waals surface area contributed by atoms with E-state index in [1.165, 1.54) is 19.9 Å². The molecule has 0 amide bonds. The molecule has 6 nitrogen and oxygen atoms in total. The maximum absolute atomic E-state index is 12.0. The minimum atomic E-state index is -1.11. The van der Waals surface area contributed by atoms with Crippen molar-refractivity contribution in [1.82, 2.24) is 4.57 Å². The van der Waals surface area contributed by atoms with Crippen LogP contribution >= 0.6 is 0 Å². The van der Waals surface area contributed by atoms with Gasteiger partial charge in [-0.25, -0.2) is 4.79 Å². The molecule has 0 fully saturated rings. The lowest BCUT2D eigenvalue weighted by Crippen LogP contribution is -2.31. The van der Waals surface area contributed by atoms with Gasteiger partial charge in [-0.2, -0.15) is 0 Å². The number of rotatable bonds is 5. The highest BCUT2D eigenvalue weighted by Gasteiger charge is 2.29. The number of hydrogen-bond acceptors (Lipinski definition) is 4. The van der Waals surface area contributed by atoms with E-state index in [9.17, 15) is 9.59 Å². The Balaban J connectivity index is 2.82. The van der Waals surface area contributed by atoms with Crippen LogP contribution in [0.4, 0.5) is 5.69 Å². The number of aliphatic carboxylic acids is 1. The van der Waals surface area contributed by atoms with Crippen molar-refractivity contribution < 1.29 is 19.4 Å². The van der Waals surface area contributed by atoms with E-state index in [1.807, 2.05) is 13.8 Å². The van der Waals surface area contributed by atoms with Gasteiger partial charge in [-0.3, -0.25) is 4.79 Å². The minimum Gasteiger partial charge on any atom is -0.481 e. The van der Waals surface area contributed by atoms with Crippen LogP contribution in [0.5, 0.6) is 0 Å². The van der Waals surface area contributed by atoms with Gasteiger partial charge in [0, 0.05) is 12.2 Å². The second-order valence-corrected chi connectivity index (χ2v) is 5.42. The number of nitrogens with zero attached hydrogens (tertiary/aromatic N) is 1. The van der Waals surface area contributed by atoms with Crippen molar-refractivity contribution in [1.29, 1.82) is 0 Å². The minimum absolute atomic E-state index is 0.0623. The third kappa shape index (κ3) is 3.49. The van der Waals surface area contributed by atoms with Gasteiger partial charge in [0.25, 0.3) is 0 Å². The van der Waals surface area contributed by atoms with Gasteiger partial charge in [-0.05, 0) is 33.8 Å². The van der Waals surface area contributed by atoms with Crippen molar-refractivity contribution in [3.63, 3.8) is 0 Å². The first-order valence-electron chi connectivity index (χ1n) is 6.03. The first-order chi connectivity index (χ1) is 8.65. The number of carboxylic acids is 1. The molecule has 0 aliphatic carbocycles. The SMILES string of the molecule is CC(C)n1cc(N)cc1C(=O)OCC(C)(C)C(=O)O. The van der Waals surface area contributed by atoms with Crippen LogP contribution < -0.4 is 5.73 Å². The molecule has 106 valence electrons. The normalized spacial score (nSPS) is 11.6. The summed E-state index contributed by atoms with van der Waals surface area (Å²) >= 11 is 0. The van der Waals surface area contributed by atoms with Crippen molar-refractivity contribution in [3.8, 4) is 0 Å². The van der Waals surface area contributed by atoms with Gasteiger partial charge in [-0.15, -0.1) is 0 Å². The van der Waals surface area contributed by atoms with Crippen LogP contribution in [0.3, 0.4) is 0 Å². The van der Waals surface area contributed by atoms with E-state index in [0.717, 1.165) is 0 Å². The smallest absolute Gasteiger partial charge is 0.355 e. The molecule has 0 saturated carbocycles. The molecule has 0 radical (unpaired) electrons. The Bertz CT molecular complexity index is 489. The molecule has 6 heteroatoms. The van der Waals surface area contributed by atoms with E-state index in [4.69, 9.17) is 15.6 Å². The summed E-state index contributed by atoms with van der Waals surface area (Å²) in [5.41, 5.74) is 5.35. The Morgan fingerprint density at radius 1 is 1.47 bits per heavy atom. The molecule has 1 aromatic rings.